The summed E-state index contributed by atoms with van der Waals surface area (Å²) >= 11 is 0. The van der Waals surface area contributed by atoms with E-state index in [4.69, 9.17) is 5.11 Å². The molecular formula is C10H10F3NO3. The Morgan fingerprint density at radius 3 is 2.41 bits per heavy atom. The number of alkyl halides is 3. The Morgan fingerprint density at radius 2 is 2.00 bits per heavy atom. The van der Waals surface area contributed by atoms with E-state index in [1.54, 1.807) is 12.2 Å². The second-order valence-electron chi connectivity index (χ2n) is 3.43. The first-order chi connectivity index (χ1) is 7.82. The maximum absolute atomic E-state index is 12.0. The lowest BCUT2D eigenvalue weighted by Crippen LogP contribution is -2.47. The van der Waals surface area contributed by atoms with Gasteiger partial charge in [0.1, 0.15) is 6.04 Å². The van der Waals surface area contributed by atoms with Crippen LogP contribution in [0, 0.1) is 0 Å². The normalized spacial score (nSPS) is 17.2. The van der Waals surface area contributed by atoms with Crippen molar-refractivity contribution in [3.8, 4) is 0 Å². The zero-order chi connectivity index (χ0) is 13.1. The van der Waals surface area contributed by atoms with Crippen LogP contribution < -0.4 is 5.32 Å². The molecule has 1 aliphatic carbocycles. The van der Waals surface area contributed by atoms with Crippen molar-refractivity contribution in [3.05, 3.63) is 23.8 Å². The Labute approximate surface area is 94.8 Å². The van der Waals surface area contributed by atoms with Gasteiger partial charge in [-0.1, -0.05) is 18.2 Å². The Balaban J connectivity index is 2.78. The van der Waals surface area contributed by atoms with Crippen molar-refractivity contribution in [1.29, 1.82) is 0 Å². The van der Waals surface area contributed by atoms with Crippen molar-refractivity contribution in [1.82, 2.24) is 5.32 Å². The summed E-state index contributed by atoms with van der Waals surface area (Å²) in [6.07, 6.45) is 0.476. The second-order valence-corrected chi connectivity index (χ2v) is 3.43. The van der Waals surface area contributed by atoms with Gasteiger partial charge in [0.15, 0.2) is 0 Å². The van der Waals surface area contributed by atoms with Gasteiger partial charge in [-0.15, -0.1) is 0 Å². The molecule has 2 N–H and O–H groups in total. The lowest BCUT2D eigenvalue weighted by molar-refractivity contribution is -0.175. The maximum atomic E-state index is 12.0. The monoisotopic (exact) mass is 249 g/mol. The number of nitrogens with one attached hydrogen (secondary N) is 1. The van der Waals surface area contributed by atoms with Gasteiger partial charge in [0.25, 0.3) is 0 Å². The highest BCUT2D eigenvalue weighted by Gasteiger charge is 2.41. The minimum atomic E-state index is -5.08. The molecule has 0 aromatic heterocycles. The fourth-order valence-electron chi connectivity index (χ4n) is 1.38. The summed E-state index contributed by atoms with van der Waals surface area (Å²) in [5, 5.41) is 10.3. The second kappa shape index (κ2) is 5.03. The van der Waals surface area contributed by atoms with E-state index in [0.717, 1.165) is 0 Å². The highest BCUT2D eigenvalue weighted by atomic mass is 19.4. The van der Waals surface area contributed by atoms with Gasteiger partial charge in [0.05, 0.1) is 0 Å². The lowest BCUT2D eigenvalue weighted by atomic mass is 9.98. The number of carbonyl (C=O) groups is 2. The number of hydrogen-bond acceptors (Lipinski definition) is 2. The Morgan fingerprint density at radius 1 is 1.35 bits per heavy atom. The first-order valence-electron chi connectivity index (χ1n) is 4.77. The zero-order valence-corrected chi connectivity index (χ0v) is 8.62. The number of hydrogen-bond donors (Lipinski definition) is 2. The van der Waals surface area contributed by atoms with Crippen molar-refractivity contribution in [2.24, 2.45) is 0 Å². The van der Waals surface area contributed by atoms with E-state index in [1.807, 2.05) is 0 Å². The minimum absolute atomic E-state index is 0.217. The van der Waals surface area contributed by atoms with E-state index in [9.17, 15) is 22.8 Å². The number of carboxylic acids is 1. The molecule has 0 aliphatic heterocycles. The average Bonchev–Trinajstić information content (AvgIpc) is 2.25. The molecule has 1 aliphatic rings. The number of carboxylic acid groups (broad SMARTS) is 1. The number of halogens is 3. The molecule has 1 atom stereocenters. The van der Waals surface area contributed by atoms with Crippen LogP contribution in [0.5, 0.6) is 0 Å². The highest BCUT2D eigenvalue weighted by Crippen LogP contribution is 2.19. The zero-order valence-electron chi connectivity index (χ0n) is 8.62. The van der Waals surface area contributed by atoms with Crippen molar-refractivity contribution in [2.75, 3.05) is 0 Å². The van der Waals surface area contributed by atoms with Crippen molar-refractivity contribution in [2.45, 2.75) is 25.1 Å². The van der Waals surface area contributed by atoms with Crippen molar-refractivity contribution in [3.63, 3.8) is 0 Å². The van der Waals surface area contributed by atoms with Gasteiger partial charge in [-0.3, -0.25) is 4.79 Å². The Kier molecular flexibility index (Phi) is 3.93. The number of rotatable bonds is 3. The molecule has 0 aromatic carbocycles. The summed E-state index contributed by atoms with van der Waals surface area (Å²) in [7, 11) is 0. The first kappa shape index (κ1) is 13.3. The van der Waals surface area contributed by atoms with Gasteiger partial charge >= 0.3 is 18.1 Å². The van der Waals surface area contributed by atoms with Crippen LogP contribution in [0.3, 0.4) is 0 Å². The molecule has 0 spiro atoms. The third kappa shape index (κ3) is 3.61. The van der Waals surface area contributed by atoms with E-state index in [2.05, 4.69) is 0 Å². The minimum Gasteiger partial charge on any atom is -0.479 e. The molecule has 0 unspecified atom stereocenters. The quantitative estimate of drug-likeness (QED) is 0.743. The van der Waals surface area contributed by atoms with Crippen LogP contribution in [-0.2, 0) is 9.59 Å². The summed E-state index contributed by atoms with van der Waals surface area (Å²) in [6, 6.07) is -1.63. The van der Waals surface area contributed by atoms with E-state index in [-0.39, 0.29) is 12.0 Å². The molecule has 94 valence electrons. The molecule has 0 saturated carbocycles. The fraction of sp³-hybridized carbons (Fsp3) is 0.400. The van der Waals surface area contributed by atoms with E-state index in [0.29, 0.717) is 6.42 Å². The first-order valence-corrected chi connectivity index (χ1v) is 4.77. The summed E-state index contributed by atoms with van der Waals surface area (Å²) in [5.74, 6) is -3.76. The van der Waals surface area contributed by atoms with Gasteiger partial charge < -0.3 is 10.4 Å². The van der Waals surface area contributed by atoms with Crippen molar-refractivity contribution < 1.29 is 27.9 Å². The number of allylic oxidation sites excluding steroid dienone is 3. The topological polar surface area (TPSA) is 66.4 Å². The average molecular weight is 249 g/mol. The summed E-state index contributed by atoms with van der Waals surface area (Å²) in [6.45, 7) is 0. The number of amides is 1. The molecular weight excluding hydrogens is 239 g/mol. The summed E-state index contributed by atoms with van der Waals surface area (Å²) < 4.78 is 36.0. The molecule has 7 heteroatoms. The Hall–Kier alpha value is -1.79. The molecule has 0 radical (unpaired) electrons. The standard InChI is InChI=1S/C10H10F3NO3/c11-10(12,13)9(17)14-7(8(15)16)6-4-2-1-3-5-6/h1-2,5,7H,3-4H2,(H,14,17)(H,15,16)/t7-/m1/s1. The molecule has 4 nitrogen and oxygen atoms in total. The highest BCUT2D eigenvalue weighted by molar-refractivity contribution is 5.88. The predicted octanol–water partition coefficient (Wildman–Crippen LogP) is 1.39. The molecule has 1 amide bonds. The third-order valence-corrected chi connectivity index (χ3v) is 2.19. The lowest BCUT2D eigenvalue weighted by Gasteiger charge is -2.19. The van der Waals surface area contributed by atoms with E-state index >= 15 is 0 Å². The van der Waals surface area contributed by atoms with Crippen LogP contribution in [-0.4, -0.2) is 29.2 Å². The largest absolute Gasteiger partial charge is 0.479 e. The van der Waals surface area contributed by atoms with Gasteiger partial charge in [-0.2, -0.15) is 13.2 Å². The molecule has 17 heavy (non-hydrogen) atoms. The third-order valence-electron chi connectivity index (χ3n) is 2.19. The molecule has 0 fully saturated rings. The van der Waals surface area contributed by atoms with Gasteiger partial charge in [-0.25, -0.2) is 4.79 Å². The number of carbonyl (C=O) groups excluding carboxylic acids is 1. The smallest absolute Gasteiger partial charge is 0.471 e. The van der Waals surface area contributed by atoms with Crippen LogP contribution in [0.1, 0.15) is 12.8 Å². The van der Waals surface area contributed by atoms with Crippen LogP contribution in [0.2, 0.25) is 0 Å². The van der Waals surface area contributed by atoms with E-state index in [1.165, 1.54) is 11.4 Å². The van der Waals surface area contributed by atoms with Crippen LogP contribution in [0.4, 0.5) is 13.2 Å². The van der Waals surface area contributed by atoms with Crippen LogP contribution in [0.15, 0.2) is 23.8 Å². The van der Waals surface area contributed by atoms with Crippen LogP contribution >= 0.6 is 0 Å². The van der Waals surface area contributed by atoms with Gasteiger partial charge in [0.2, 0.25) is 0 Å². The molecule has 1 rings (SSSR count). The fourth-order valence-corrected chi connectivity index (χ4v) is 1.38. The SMILES string of the molecule is O=C(O)[C@H](NC(=O)C(F)(F)F)C1=CCC=CC1. The van der Waals surface area contributed by atoms with Gasteiger partial charge in [0, 0.05) is 0 Å². The molecule has 0 bridgehead atoms. The summed E-state index contributed by atoms with van der Waals surface area (Å²) in [4.78, 5) is 21.5. The predicted molar refractivity (Wildman–Crippen MR) is 52.1 cm³/mol. The molecule has 0 heterocycles. The van der Waals surface area contributed by atoms with Crippen LogP contribution in [0.25, 0.3) is 0 Å². The molecule has 0 aromatic rings. The van der Waals surface area contributed by atoms with Crippen molar-refractivity contribution >= 4 is 11.9 Å². The maximum Gasteiger partial charge on any atom is 0.471 e. The van der Waals surface area contributed by atoms with E-state index < -0.39 is 24.1 Å². The molecule has 0 saturated heterocycles. The Bertz CT molecular complexity index is 385. The number of aliphatic carboxylic acids is 1. The summed E-state index contributed by atoms with van der Waals surface area (Å²) in [5.41, 5.74) is 0.248. The van der Waals surface area contributed by atoms with Gasteiger partial charge in [-0.05, 0) is 18.4 Å².